The van der Waals surface area contributed by atoms with E-state index >= 15 is 0 Å². The number of aromatic hydroxyl groups is 1. The average Bonchev–Trinajstić information content (AvgIpc) is 2.34. The van der Waals surface area contributed by atoms with Gasteiger partial charge in [-0.2, -0.15) is 0 Å². The normalized spacial score (nSPS) is 7.81. The van der Waals surface area contributed by atoms with Gasteiger partial charge in [-0.1, -0.05) is 27.7 Å². The minimum absolute atomic E-state index is 0.159. The molecule has 0 saturated heterocycles. The Bertz CT molecular complexity index is 313. The monoisotopic (exact) mass is 229 g/mol. The van der Waals surface area contributed by atoms with E-state index in [1.807, 2.05) is 27.7 Å². The van der Waals surface area contributed by atoms with Crippen molar-refractivity contribution in [1.82, 2.24) is 0 Å². The fraction of sp³-hybridized carbons (Fsp3) is 0.455. The largest absolute Gasteiger partial charge is 0.504 e. The lowest BCUT2D eigenvalue weighted by Gasteiger charge is -2.00. The van der Waals surface area contributed by atoms with Gasteiger partial charge in [-0.05, 0) is 6.07 Å². The van der Waals surface area contributed by atoms with Crippen molar-refractivity contribution in [2.24, 2.45) is 0 Å². The molecule has 0 unspecified atom stereocenters. The molecule has 0 spiro atoms. The summed E-state index contributed by atoms with van der Waals surface area (Å²) in [6, 6.07) is 3.64. The summed E-state index contributed by atoms with van der Waals surface area (Å²) in [6.45, 7) is 8.00. The number of methoxy groups -OCH3 is 1. The predicted molar refractivity (Wildman–Crippen MR) is 64.0 cm³/mol. The van der Waals surface area contributed by atoms with Crippen LogP contribution in [-0.4, -0.2) is 17.1 Å². The van der Waals surface area contributed by atoms with Crippen molar-refractivity contribution in [2.75, 3.05) is 7.11 Å². The molecule has 1 aromatic carbocycles. The molecule has 0 aliphatic heterocycles. The van der Waals surface area contributed by atoms with E-state index in [4.69, 9.17) is 9.84 Å². The van der Waals surface area contributed by atoms with E-state index in [0.29, 0.717) is 0 Å². The molecule has 0 fully saturated rings. The fourth-order valence-corrected chi connectivity index (χ4v) is 0.792. The zero-order chi connectivity index (χ0) is 13.1. The van der Waals surface area contributed by atoms with Gasteiger partial charge in [-0.3, -0.25) is 10.1 Å². The molecule has 16 heavy (non-hydrogen) atoms. The Kier molecular flexibility index (Phi) is 10.2. The summed E-state index contributed by atoms with van der Waals surface area (Å²) >= 11 is 0. The van der Waals surface area contributed by atoms with E-state index in [2.05, 4.69) is 0 Å². The lowest BCUT2D eigenvalue weighted by Crippen LogP contribution is -1.88. The van der Waals surface area contributed by atoms with Crippen LogP contribution in [-0.2, 0) is 0 Å². The molecule has 0 heterocycles. The van der Waals surface area contributed by atoms with Crippen molar-refractivity contribution in [3.63, 3.8) is 0 Å². The highest BCUT2D eigenvalue weighted by atomic mass is 16.6. The molecular formula is C11H19NO4. The van der Waals surface area contributed by atoms with Crippen LogP contribution < -0.4 is 4.74 Å². The standard InChI is InChI=1S/C7H7NO4.2C2H6/c1-12-7-3-2-5(8(10)11)4-6(7)9;2*1-2/h2-4,9H,1H3;2*1-2H3. The Morgan fingerprint density at radius 1 is 1.25 bits per heavy atom. The number of hydrogen-bond donors (Lipinski definition) is 1. The lowest BCUT2D eigenvalue weighted by atomic mass is 10.3. The number of rotatable bonds is 2. The van der Waals surface area contributed by atoms with Gasteiger partial charge in [0.1, 0.15) is 0 Å². The molecule has 0 aromatic heterocycles. The second kappa shape index (κ2) is 9.76. The molecule has 1 aromatic rings. The Morgan fingerprint density at radius 3 is 2.06 bits per heavy atom. The number of non-ortho nitro benzene ring substituents is 1. The van der Waals surface area contributed by atoms with Crippen LogP contribution in [0.5, 0.6) is 11.5 Å². The molecular weight excluding hydrogens is 210 g/mol. The van der Waals surface area contributed by atoms with E-state index in [1.165, 1.54) is 19.2 Å². The van der Waals surface area contributed by atoms with E-state index in [1.54, 1.807) is 0 Å². The first-order chi connectivity index (χ1) is 7.65. The zero-order valence-corrected chi connectivity index (χ0v) is 10.4. The van der Waals surface area contributed by atoms with Crippen LogP contribution in [0.4, 0.5) is 5.69 Å². The molecule has 0 saturated carbocycles. The molecule has 92 valence electrons. The van der Waals surface area contributed by atoms with Gasteiger partial charge < -0.3 is 9.84 Å². The Balaban J connectivity index is 0. The first-order valence-electron chi connectivity index (χ1n) is 5.16. The second-order valence-corrected chi connectivity index (χ2v) is 2.11. The number of phenolic OH excluding ortho intramolecular Hbond substituents is 1. The minimum atomic E-state index is -0.584. The summed E-state index contributed by atoms with van der Waals surface area (Å²) in [4.78, 5) is 9.62. The first kappa shape index (κ1) is 16.6. The molecule has 5 nitrogen and oxygen atoms in total. The van der Waals surface area contributed by atoms with Crippen molar-refractivity contribution in [2.45, 2.75) is 27.7 Å². The molecule has 1 rings (SSSR count). The summed E-state index contributed by atoms with van der Waals surface area (Å²) in [5.41, 5.74) is -0.159. The zero-order valence-electron chi connectivity index (χ0n) is 10.4. The van der Waals surface area contributed by atoms with Gasteiger partial charge in [0.15, 0.2) is 11.5 Å². The summed E-state index contributed by atoms with van der Waals surface area (Å²) < 4.78 is 4.71. The Hall–Kier alpha value is -1.78. The number of phenols is 1. The van der Waals surface area contributed by atoms with Gasteiger partial charge in [0, 0.05) is 6.07 Å². The van der Waals surface area contributed by atoms with E-state index in [0.717, 1.165) is 6.07 Å². The van der Waals surface area contributed by atoms with Crippen molar-refractivity contribution in [1.29, 1.82) is 0 Å². The highest BCUT2D eigenvalue weighted by Gasteiger charge is 2.09. The van der Waals surface area contributed by atoms with E-state index < -0.39 is 4.92 Å². The van der Waals surface area contributed by atoms with Crippen molar-refractivity contribution < 1.29 is 14.8 Å². The summed E-state index contributed by atoms with van der Waals surface area (Å²) in [6.07, 6.45) is 0. The quantitative estimate of drug-likeness (QED) is 0.623. The SMILES string of the molecule is CC.CC.COc1ccc([N+](=O)[O-])cc1O. The predicted octanol–water partition coefficient (Wildman–Crippen LogP) is 3.36. The molecule has 0 amide bonds. The minimum Gasteiger partial charge on any atom is -0.504 e. The summed E-state index contributed by atoms with van der Waals surface area (Å²) in [5.74, 6) is -0.00713. The third-order valence-corrected chi connectivity index (χ3v) is 1.37. The van der Waals surface area contributed by atoms with Crippen molar-refractivity contribution in [3.8, 4) is 11.5 Å². The van der Waals surface area contributed by atoms with Gasteiger partial charge in [-0.15, -0.1) is 0 Å². The number of nitro groups is 1. The highest BCUT2D eigenvalue weighted by molar-refractivity contribution is 5.47. The molecule has 0 atom stereocenters. The topological polar surface area (TPSA) is 72.6 Å². The molecule has 5 heteroatoms. The molecule has 0 aliphatic carbocycles. The van der Waals surface area contributed by atoms with Crippen LogP contribution in [0.3, 0.4) is 0 Å². The van der Waals surface area contributed by atoms with Gasteiger partial charge in [-0.25, -0.2) is 0 Å². The maximum absolute atomic E-state index is 10.2. The van der Waals surface area contributed by atoms with Crippen LogP contribution >= 0.6 is 0 Å². The number of nitro benzene ring substituents is 1. The maximum Gasteiger partial charge on any atom is 0.273 e. The van der Waals surface area contributed by atoms with E-state index in [9.17, 15) is 10.1 Å². The van der Waals surface area contributed by atoms with Crippen molar-refractivity contribution in [3.05, 3.63) is 28.3 Å². The highest BCUT2D eigenvalue weighted by Crippen LogP contribution is 2.29. The Morgan fingerprint density at radius 2 is 1.75 bits per heavy atom. The number of benzene rings is 1. The van der Waals surface area contributed by atoms with Crippen LogP contribution in [0.25, 0.3) is 0 Å². The van der Waals surface area contributed by atoms with Crippen LogP contribution in [0, 0.1) is 10.1 Å². The fourth-order valence-electron chi connectivity index (χ4n) is 0.792. The average molecular weight is 229 g/mol. The second-order valence-electron chi connectivity index (χ2n) is 2.11. The first-order valence-corrected chi connectivity index (χ1v) is 5.16. The van der Waals surface area contributed by atoms with Crippen LogP contribution in [0.15, 0.2) is 18.2 Å². The van der Waals surface area contributed by atoms with Crippen LogP contribution in [0.1, 0.15) is 27.7 Å². The Labute approximate surface area is 95.8 Å². The third kappa shape index (κ3) is 5.19. The number of hydrogen-bond acceptors (Lipinski definition) is 4. The van der Waals surface area contributed by atoms with Gasteiger partial charge in [0.25, 0.3) is 5.69 Å². The molecule has 0 bridgehead atoms. The van der Waals surface area contributed by atoms with E-state index in [-0.39, 0.29) is 17.2 Å². The third-order valence-electron chi connectivity index (χ3n) is 1.37. The van der Waals surface area contributed by atoms with Gasteiger partial charge >= 0.3 is 0 Å². The van der Waals surface area contributed by atoms with Gasteiger partial charge in [0.05, 0.1) is 18.1 Å². The summed E-state index contributed by atoms with van der Waals surface area (Å²) in [7, 11) is 1.38. The lowest BCUT2D eigenvalue weighted by molar-refractivity contribution is -0.385. The number of nitrogens with zero attached hydrogens (tertiary/aromatic N) is 1. The van der Waals surface area contributed by atoms with Gasteiger partial charge in [0.2, 0.25) is 0 Å². The maximum atomic E-state index is 10.2. The molecule has 0 aliphatic rings. The molecule has 1 N–H and O–H groups in total. The summed E-state index contributed by atoms with van der Waals surface area (Å²) in [5, 5.41) is 19.3. The molecule has 0 radical (unpaired) electrons. The smallest absolute Gasteiger partial charge is 0.273 e. The number of ether oxygens (including phenoxy) is 1. The van der Waals surface area contributed by atoms with Crippen LogP contribution in [0.2, 0.25) is 0 Å². The van der Waals surface area contributed by atoms with Crippen molar-refractivity contribution >= 4 is 5.69 Å².